The van der Waals surface area contributed by atoms with Crippen LogP contribution in [-0.4, -0.2) is 33.9 Å². The maximum absolute atomic E-state index is 12.2. The highest BCUT2D eigenvalue weighted by Crippen LogP contribution is 2.31. The lowest BCUT2D eigenvalue weighted by atomic mass is 9.80. The normalized spacial score (nSPS) is 18.1. The zero-order valence-corrected chi connectivity index (χ0v) is 12.3. The van der Waals surface area contributed by atoms with Crippen molar-refractivity contribution in [2.45, 2.75) is 19.8 Å². The van der Waals surface area contributed by atoms with E-state index in [1.54, 1.807) is 17.0 Å². The predicted octanol–water partition coefficient (Wildman–Crippen LogP) is 2.26. The van der Waals surface area contributed by atoms with Gasteiger partial charge in [-0.1, -0.05) is 30.7 Å². The third-order valence-electron chi connectivity index (χ3n) is 3.70. The summed E-state index contributed by atoms with van der Waals surface area (Å²) >= 11 is 10.8. The fourth-order valence-corrected chi connectivity index (χ4v) is 2.43. The van der Waals surface area contributed by atoms with Crippen molar-refractivity contribution < 1.29 is 4.79 Å². The molecule has 1 saturated heterocycles. The number of thiocarbonyl (C=S) groups is 1. The molecule has 0 spiro atoms. The number of nitrogens with zero attached hydrogens (tertiary/aromatic N) is 2. The maximum Gasteiger partial charge on any atom is 0.272 e. The minimum absolute atomic E-state index is 0.0679. The first-order valence-electron chi connectivity index (χ1n) is 6.13. The van der Waals surface area contributed by atoms with Gasteiger partial charge in [0, 0.05) is 24.7 Å². The SMILES string of the molecule is CC1(C(N)=S)CCN(C(=O)c2ccc(Cl)cn2)CC1. The molecule has 0 aromatic carbocycles. The maximum atomic E-state index is 12.2. The first-order valence-corrected chi connectivity index (χ1v) is 6.92. The number of hydrogen-bond acceptors (Lipinski definition) is 3. The third-order valence-corrected chi connectivity index (χ3v) is 4.41. The quantitative estimate of drug-likeness (QED) is 0.851. The molecule has 1 aromatic rings. The summed E-state index contributed by atoms with van der Waals surface area (Å²) < 4.78 is 0. The van der Waals surface area contributed by atoms with Crippen LogP contribution >= 0.6 is 23.8 Å². The Balaban J connectivity index is 2.04. The second-order valence-corrected chi connectivity index (χ2v) is 5.96. The highest BCUT2D eigenvalue weighted by atomic mass is 35.5. The van der Waals surface area contributed by atoms with E-state index in [-0.39, 0.29) is 11.3 Å². The molecule has 0 saturated carbocycles. The molecule has 1 aliphatic heterocycles. The zero-order valence-electron chi connectivity index (χ0n) is 10.7. The smallest absolute Gasteiger partial charge is 0.272 e. The number of rotatable bonds is 2. The molecule has 1 aromatic heterocycles. The second kappa shape index (κ2) is 5.43. The molecule has 1 aliphatic rings. The van der Waals surface area contributed by atoms with Gasteiger partial charge in [0.1, 0.15) is 5.69 Å². The topological polar surface area (TPSA) is 59.2 Å². The summed E-state index contributed by atoms with van der Waals surface area (Å²) in [7, 11) is 0. The van der Waals surface area contributed by atoms with E-state index in [9.17, 15) is 4.79 Å². The highest BCUT2D eigenvalue weighted by Gasteiger charge is 2.34. The van der Waals surface area contributed by atoms with Crippen LogP contribution in [0.2, 0.25) is 5.02 Å². The highest BCUT2D eigenvalue weighted by molar-refractivity contribution is 7.80. The van der Waals surface area contributed by atoms with Crippen molar-refractivity contribution in [3.05, 3.63) is 29.0 Å². The van der Waals surface area contributed by atoms with Gasteiger partial charge in [0.05, 0.1) is 10.0 Å². The molecule has 19 heavy (non-hydrogen) atoms. The van der Waals surface area contributed by atoms with E-state index >= 15 is 0 Å². The van der Waals surface area contributed by atoms with E-state index in [0.717, 1.165) is 12.8 Å². The number of likely N-dealkylation sites (tertiary alicyclic amines) is 1. The molecule has 6 heteroatoms. The lowest BCUT2D eigenvalue weighted by molar-refractivity contribution is 0.0664. The number of pyridine rings is 1. The van der Waals surface area contributed by atoms with Crippen molar-refractivity contribution in [3.8, 4) is 0 Å². The van der Waals surface area contributed by atoms with Crippen LogP contribution in [0.4, 0.5) is 0 Å². The summed E-state index contributed by atoms with van der Waals surface area (Å²) in [6, 6.07) is 3.32. The standard InChI is InChI=1S/C13H16ClN3OS/c1-13(12(15)19)4-6-17(7-5-13)11(18)10-3-2-9(14)8-16-10/h2-3,8H,4-7H2,1H3,(H2,15,19). The molecule has 4 nitrogen and oxygen atoms in total. The van der Waals surface area contributed by atoms with Crippen LogP contribution in [0, 0.1) is 5.41 Å². The summed E-state index contributed by atoms with van der Waals surface area (Å²) in [6.45, 7) is 3.35. The fourth-order valence-electron chi connectivity index (χ4n) is 2.11. The number of carbonyl (C=O) groups excluding carboxylic acids is 1. The molecule has 0 atom stereocenters. The molecule has 2 N–H and O–H groups in total. The van der Waals surface area contributed by atoms with E-state index in [1.807, 2.05) is 0 Å². The van der Waals surface area contributed by atoms with Crippen molar-refractivity contribution in [3.63, 3.8) is 0 Å². The van der Waals surface area contributed by atoms with Gasteiger partial charge < -0.3 is 10.6 Å². The molecule has 0 aliphatic carbocycles. The van der Waals surface area contributed by atoms with E-state index in [4.69, 9.17) is 29.6 Å². The first-order chi connectivity index (χ1) is 8.92. The van der Waals surface area contributed by atoms with Gasteiger partial charge in [-0.25, -0.2) is 4.98 Å². The fraction of sp³-hybridized carbons (Fsp3) is 0.462. The summed E-state index contributed by atoms with van der Waals surface area (Å²) in [4.78, 5) is 18.6. The monoisotopic (exact) mass is 297 g/mol. The van der Waals surface area contributed by atoms with E-state index in [0.29, 0.717) is 28.8 Å². The molecular weight excluding hydrogens is 282 g/mol. The van der Waals surface area contributed by atoms with Crippen LogP contribution in [0.1, 0.15) is 30.3 Å². The van der Waals surface area contributed by atoms with Crippen LogP contribution < -0.4 is 5.73 Å². The Morgan fingerprint density at radius 1 is 1.47 bits per heavy atom. The average molecular weight is 298 g/mol. The van der Waals surface area contributed by atoms with E-state index in [2.05, 4.69) is 11.9 Å². The number of nitrogens with two attached hydrogens (primary N) is 1. The van der Waals surface area contributed by atoms with Crippen LogP contribution in [0.25, 0.3) is 0 Å². The second-order valence-electron chi connectivity index (χ2n) is 5.08. The van der Waals surface area contributed by atoms with Crippen LogP contribution in [-0.2, 0) is 0 Å². The van der Waals surface area contributed by atoms with Crippen molar-refractivity contribution in [1.82, 2.24) is 9.88 Å². The van der Waals surface area contributed by atoms with Gasteiger partial charge in [0.2, 0.25) is 0 Å². The number of aromatic nitrogens is 1. The van der Waals surface area contributed by atoms with Gasteiger partial charge >= 0.3 is 0 Å². The Morgan fingerprint density at radius 2 is 2.11 bits per heavy atom. The van der Waals surface area contributed by atoms with Gasteiger partial charge in [-0.2, -0.15) is 0 Å². The average Bonchev–Trinajstić information content (AvgIpc) is 2.39. The van der Waals surface area contributed by atoms with E-state index in [1.165, 1.54) is 6.20 Å². The molecule has 0 radical (unpaired) electrons. The Hall–Kier alpha value is -1.20. The molecule has 2 rings (SSSR count). The number of hydrogen-bond donors (Lipinski definition) is 1. The van der Waals surface area contributed by atoms with Crippen LogP contribution in [0.15, 0.2) is 18.3 Å². The van der Waals surface area contributed by atoms with Crippen molar-refractivity contribution in [2.24, 2.45) is 11.1 Å². The zero-order chi connectivity index (χ0) is 14.0. The van der Waals surface area contributed by atoms with Crippen molar-refractivity contribution >= 4 is 34.7 Å². The van der Waals surface area contributed by atoms with Gasteiger partial charge in [0.15, 0.2) is 0 Å². The minimum atomic E-state index is -0.139. The molecule has 0 unspecified atom stereocenters. The largest absolute Gasteiger partial charge is 0.393 e. The van der Waals surface area contributed by atoms with Crippen LogP contribution in [0.3, 0.4) is 0 Å². The molecule has 0 bridgehead atoms. The summed E-state index contributed by atoms with van der Waals surface area (Å²) in [6.07, 6.45) is 3.07. The summed E-state index contributed by atoms with van der Waals surface area (Å²) in [5, 5.41) is 0.524. The van der Waals surface area contributed by atoms with Gasteiger partial charge in [-0.15, -0.1) is 0 Å². The number of piperidine rings is 1. The number of carbonyl (C=O) groups is 1. The lowest BCUT2D eigenvalue weighted by Gasteiger charge is -2.38. The molecule has 102 valence electrons. The van der Waals surface area contributed by atoms with Crippen LogP contribution in [0.5, 0.6) is 0 Å². The van der Waals surface area contributed by atoms with Gasteiger partial charge in [0.25, 0.3) is 5.91 Å². The Kier molecular flexibility index (Phi) is 4.06. The van der Waals surface area contributed by atoms with Gasteiger partial charge in [-0.3, -0.25) is 4.79 Å². The molecule has 1 fully saturated rings. The Bertz CT molecular complexity index is 495. The molecule has 2 heterocycles. The Labute approximate surface area is 122 Å². The molecule has 1 amide bonds. The van der Waals surface area contributed by atoms with Crippen molar-refractivity contribution in [2.75, 3.05) is 13.1 Å². The predicted molar refractivity (Wildman–Crippen MR) is 79.3 cm³/mol. The van der Waals surface area contributed by atoms with E-state index < -0.39 is 0 Å². The minimum Gasteiger partial charge on any atom is -0.393 e. The Morgan fingerprint density at radius 3 is 2.58 bits per heavy atom. The summed E-state index contributed by atoms with van der Waals surface area (Å²) in [5.74, 6) is -0.0679. The lowest BCUT2D eigenvalue weighted by Crippen LogP contribution is -2.46. The molecular formula is C13H16ClN3OS. The van der Waals surface area contributed by atoms with Gasteiger partial charge in [-0.05, 0) is 25.0 Å². The number of amides is 1. The third kappa shape index (κ3) is 3.04. The van der Waals surface area contributed by atoms with Crippen molar-refractivity contribution in [1.29, 1.82) is 0 Å². The number of halogens is 1. The first kappa shape index (κ1) is 14.2. The summed E-state index contributed by atoms with van der Waals surface area (Å²) in [5.41, 5.74) is 6.03.